The first kappa shape index (κ1) is 40.4. The number of imide groups is 1. The number of halogens is 11. The van der Waals surface area contributed by atoms with Crippen LogP contribution in [0.5, 0.6) is 0 Å². The molecule has 46 heavy (non-hydrogen) atoms. The number of benzene rings is 3. The van der Waals surface area contributed by atoms with Crippen LogP contribution in [0.15, 0.2) is 30.3 Å². The van der Waals surface area contributed by atoms with Crippen molar-refractivity contribution >= 4 is 176 Å². The fourth-order valence-corrected chi connectivity index (χ4v) is 6.72. The van der Waals surface area contributed by atoms with Crippen molar-refractivity contribution in [3.63, 3.8) is 0 Å². The van der Waals surface area contributed by atoms with E-state index in [1.807, 2.05) is 13.8 Å². The van der Waals surface area contributed by atoms with E-state index in [1.165, 1.54) is 12.1 Å². The molecule has 6 rings (SSSR count). The number of para-hydroxylation sites is 1. The van der Waals surface area contributed by atoms with Crippen molar-refractivity contribution in [1.29, 1.82) is 0 Å². The van der Waals surface area contributed by atoms with Crippen molar-refractivity contribution in [1.82, 2.24) is 4.98 Å². The summed E-state index contributed by atoms with van der Waals surface area (Å²) in [6.45, 7) is 4.00. The van der Waals surface area contributed by atoms with Gasteiger partial charge in [0.25, 0.3) is 11.8 Å². The molecule has 4 aromatic rings. The maximum absolute atomic E-state index is 13.5. The summed E-state index contributed by atoms with van der Waals surface area (Å²) in [5.74, 6) is -2.83. The average Bonchev–Trinajstić information content (AvgIpc) is 3.45. The largest absolute Gasteiger partial charge is 0.506 e. The van der Waals surface area contributed by atoms with Crippen molar-refractivity contribution in [2.75, 3.05) is 4.90 Å². The van der Waals surface area contributed by atoms with Gasteiger partial charge >= 0.3 is 50.5 Å². The van der Waals surface area contributed by atoms with Gasteiger partial charge < -0.3 is 5.11 Å². The van der Waals surface area contributed by atoms with Crippen LogP contribution in [0.1, 0.15) is 63.6 Å². The number of hydrogen-bond acceptors (Lipinski definition) is 5. The standard InChI is InChI=1S/C26H6Cl8N2O4.C2H6.CH4.I3/c27-14-10-11(15(28)19(32)18(14)31)24(38)9(23(10)37)7-5-4-6-2-1-3-8(22(6)35-7)36-25(39)12-13(26(36)40)17(30)21(34)20(33)16(12)29;1-2;;1-3-2/h1-5,37H;1-2H3;1H4;/q;;;-1. The molecule has 1 aliphatic carbocycles. The summed E-state index contributed by atoms with van der Waals surface area (Å²) in [6.07, 6.45) is 0. The molecule has 6 nitrogen and oxygen atoms in total. The molecule has 0 saturated carbocycles. The number of ketones is 1. The number of allylic oxidation sites excluding steroid dienone is 1. The fraction of sp³-hybridized carbons (Fsp3) is 0.103. The second kappa shape index (κ2) is 16.3. The Bertz CT molecular complexity index is 1960. The van der Waals surface area contributed by atoms with Crippen molar-refractivity contribution in [2.24, 2.45) is 0 Å². The molecule has 3 aromatic carbocycles. The van der Waals surface area contributed by atoms with Crippen molar-refractivity contribution < 1.29 is 32.7 Å². The Hall–Kier alpha value is -0.0700. The van der Waals surface area contributed by atoms with Crippen LogP contribution in [-0.4, -0.2) is 27.7 Å². The first-order chi connectivity index (χ1) is 21.3. The maximum atomic E-state index is 13.5. The number of amides is 2. The van der Waals surface area contributed by atoms with Gasteiger partial charge in [-0.25, -0.2) is 9.88 Å². The molecule has 0 saturated heterocycles. The fourth-order valence-electron chi connectivity index (χ4n) is 4.68. The molecule has 0 unspecified atom stereocenters. The van der Waals surface area contributed by atoms with Gasteiger partial charge in [0.15, 0.2) is 0 Å². The van der Waals surface area contributed by atoms with Gasteiger partial charge in [0.05, 0.1) is 84.9 Å². The number of carbonyl (C=O) groups excluding carboxylic acids is 3. The van der Waals surface area contributed by atoms with E-state index in [0.717, 1.165) is 4.90 Å². The van der Waals surface area contributed by atoms with Gasteiger partial charge in [-0.1, -0.05) is 132 Å². The summed E-state index contributed by atoms with van der Waals surface area (Å²) in [5, 5.41) is 10.1. The SMILES string of the molecule is C.CC.I[I-]I.O=C1C(c2ccc3cccc(N4C(=O)c5c(Cl)c(Cl)c(Cl)c(Cl)c5C4=O)c3n2)=C(O)c2c(Cl)c(Cl)c(Cl)c(Cl)c21. The molecule has 17 heteroatoms. The van der Waals surface area contributed by atoms with Gasteiger partial charge in [-0.2, -0.15) is 0 Å². The molecule has 1 aliphatic heterocycles. The number of carbonyl (C=O) groups is 3. The van der Waals surface area contributed by atoms with Crippen LogP contribution in [0.4, 0.5) is 5.69 Å². The Labute approximate surface area is 333 Å². The minimum absolute atomic E-state index is 0. The number of Topliss-reactive ketones (excluding diaryl/α,β-unsaturated/α-hetero) is 1. The predicted octanol–water partition coefficient (Wildman–Crippen LogP) is 10.3. The van der Waals surface area contributed by atoms with Gasteiger partial charge in [-0.15, -0.1) is 0 Å². The monoisotopic (exact) mass is 1120 g/mol. The third kappa shape index (κ3) is 6.58. The minimum atomic E-state index is -0.806. The average molecular weight is 1120 g/mol. The second-order valence-corrected chi connectivity index (χ2v) is 27.9. The van der Waals surface area contributed by atoms with Crippen LogP contribution < -0.4 is 18.2 Å². The summed E-state index contributed by atoms with van der Waals surface area (Å²) < 4.78 is 0. The van der Waals surface area contributed by atoms with Gasteiger partial charge in [-0.05, 0) is 12.1 Å². The van der Waals surface area contributed by atoms with Gasteiger partial charge in [0.2, 0.25) is 5.78 Å². The number of nitrogens with zero attached hydrogens (tertiary/aromatic N) is 2. The molecule has 0 bridgehead atoms. The van der Waals surface area contributed by atoms with E-state index in [-0.39, 0.29) is 92.3 Å². The first-order valence-electron chi connectivity index (χ1n) is 12.2. The number of aromatic nitrogens is 1. The summed E-state index contributed by atoms with van der Waals surface area (Å²) >= 11 is 55.0. The van der Waals surface area contributed by atoms with Gasteiger partial charge in [0, 0.05) is 5.39 Å². The van der Waals surface area contributed by atoms with E-state index in [0.29, 0.717) is 18.6 Å². The predicted molar refractivity (Wildman–Crippen MR) is 206 cm³/mol. The van der Waals surface area contributed by atoms with E-state index < -0.39 is 23.4 Å². The number of anilines is 1. The van der Waals surface area contributed by atoms with E-state index in [2.05, 4.69) is 42.2 Å². The summed E-state index contributed by atoms with van der Waals surface area (Å²) in [5.41, 5.74) is -0.695. The number of hydrogen-bond donors (Lipinski definition) is 1. The van der Waals surface area contributed by atoms with E-state index in [1.54, 1.807) is 18.2 Å². The molecule has 0 radical (unpaired) electrons. The van der Waals surface area contributed by atoms with Crippen LogP contribution in [-0.2, 0) is 0 Å². The Morgan fingerprint density at radius 1 is 0.674 bits per heavy atom. The van der Waals surface area contributed by atoms with Crippen molar-refractivity contribution in [3.8, 4) is 0 Å². The van der Waals surface area contributed by atoms with Crippen LogP contribution in [0.2, 0.25) is 40.2 Å². The third-order valence-corrected chi connectivity index (χ3v) is 10.1. The molecular weight excluding hydrogens is 1100 g/mol. The number of aliphatic hydroxyl groups excluding tert-OH is 1. The van der Waals surface area contributed by atoms with E-state index in [4.69, 9.17) is 92.8 Å². The van der Waals surface area contributed by atoms with Gasteiger partial charge in [-0.3, -0.25) is 14.4 Å². The second-order valence-electron chi connectivity index (χ2n) is 8.61. The summed E-state index contributed by atoms with van der Waals surface area (Å²) in [4.78, 5) is 45.8. The molecule has 0 atom stereocenters. The third-order valence-electron chi connectivity index (χ3n) is 6.49. The molecule has 0 fully saturated rings. The van der Waals surface area contributed by atoms with Crippen molar-refractivity contribution in [2.45, 2.75) is 21.3 Å². The zero-order valence-corrected chi connectivity index (χ0v) is 34.6. The van der Waals surface area contributed by atoms with E-state index in [9.17, 15) is 19.5 Å². The molecular formula is C29H16Cl8I3N2O4-. The molecule has 0 spiro atoms. The van der Waals surface area contributed by atoms with Crippen molar-refractivity contribution in [3.05, 3.63) is 98.5 Å². The maximum Gasteiger partial charge on any atom is 0.267 e. The zero-order valence-electron chi connectivity index (χ0n) is 22.1. The summed E-state index contributed by atoms with van der Waals surface area (Å²) in [7, 11) is 0. The van der Waals surface area contributed by atoms with Crippen LogP contribution in [0.25, 0.3) is 22.2 Å². The Kier molecular flexibility index (Phi) is 14.3. The molecule has 2 heterocycles. The number of pyridine rings is 1. The zero-order chi connectivity index (χ0) is 33.7. The number of fused-ring (bicyclic) bond motifs is 3. The van der Waals surface area contributed by atoms with Crippen LogP contribution in [0, 0.1) is 0 Å². The Morgan fingerprint density at radius 3 is 1.59 bits per heavy atom. The minimum Gasteiger partial charge on any atom is -0.506 e. The first-order valence-corrected chi connectivity index (χ1v) is 27.8. The van der Waals surface area contributed by atoms with Crippen LogP contribution in [0.3, 0.4) is 0 Å². The van der Waals surface area contributed by atoms with Crippen LogP contribution >= 0.6 is 130 Å². The molecule has 2 amide bonds. The quantitative estimate of drug-likeness (QED) is 0.0936. The normalized spacial score (nSPS) is 13.3. The smallest absolute Gasteiger partial charge is 0.267 e. The molecule has 2 aliphatic rings. The molecule has 1 aromatic heterocycles. The molecule has 244 valence electrons. The Balaban J connectivity index is 0.000000908. The van der Waals surface area contributed by atoms with Gasteiger partial charge in [0.1, 0.15) is 5.76 Å². The molecule has 1 N–H and O–H groups in total. The number of rotatable bonds is 2. The van der Waals surface area contributed by atoms with E-state index >= 15 is 0 Å². The topological polar surface area (TPSA) is 87.6 Å². The number of aliphatic hydroxyl groups is 1. The Morgan fingerprint density at radius 2 is 1.11 bits per heavy atom. The summed E-state index contributed by atoms with van der Waals surface area (Å²) in [6, 6.07) is 7.81.